The molecular weight excluding hydrogens is 421 g/mol. The van der Waals surface area contributed by atoms with Crippen LogP contribution in [0, 0.1) is 0 Å². The van der Waals surface area contributed by atoms with Crippen molar-refractivity contribution in [2.75, 3.05) is 5.32 Å². The molecule has 0 aliphatic heterocycles. The van der Waals surface area contributed by atoms with Gasteiger partial charge in [-0.05, 0) is 36.6 Å². The number of fused-ring (bicyclic) bond motifs is 1. The average Bonchev–Trinajstić information content (AvgIpc) is 3.12. The highest BCUT2D eigenvalue weighted by atomic mass is 33.1. The summed E-state index contributed by atoms with van der Waals surface area (Å²) in [6.45, 7) is 0. The fourth-order valence-electron chi connectivity index (χ4n) is 3.47. The molecule has 1 aliphatic carbocycles. The van der Waals surface area contributed by atoms with Gasteiger partial charge in [-0.2, -0.15) is 5.10 Å². The van der Waals surface area contributed by atoms with Crippen LogP contribution in [-0.2, 0) is 0 Å². The average molecular weight is 443 g/mol. The Morgan fingerprint density at radius 3 is 2.59 bits per heavy atom. The lowest BCUT2D eigenvalue weighted by Crippen LogP contribution is -2.22. The molecule has 1 saturated carbocycles. The van der Waals surface area contributed by atoms with E-state index in [0.717, 1.165) is 18.7 Å². The first-order chi connectivity index (χ1) is 14.0. The van der Waals surface area contributed by atoms with Crippen molar-refractivity contribution >= 4 is 34.8 Å². The van der Waals surface area contributed by atoms with Gasteiger partial charge in [-0.1, -0.05) is 31.4 Å². The Morgan fingerprint density at radius 1 is 1.10 bits per heavy atom. The molecule has 1 fully saturated rings. The molecule has 2 heterocycles. The second-order valence-electron chi connectivity index (χ2n) is 6.69. The van der Waals surface area contributed by atoms with Crippen LogP contribution in [0.15, 0.2) is 42.7 Å². The van der Waals surface area contributed by atoms with E-state index in [1.807, 2.05) is 6.07 Å². The van der Waals surface area contributed by atoms with Crippen molar-refractivity contribution in [2.24, 2.45) is 0 Å². The SMILES string of the molecule is FC(F)(F)Oc1cccc(-c2cnn3ccc(NC4CCCCC4)nc23)c1.SS. The van der Waals surface area contributed by atoms with Gasteiger partial charge < -0.3 is 10.1 Å². The summed E-state index contributed by atoms with van der Waals surface area (Å²) in [5.41, 5.74) is 1.80. The van der Waals surface area contributed by atoms with Gasteiger partial charge in [-0.15, -0.1) is 36.5 Å². The monoisotopic (exact) mass is 442 g/mol. The maximum atomic E-state index is 12.5. The lowest BCUT2D eigenvalue weighted by Gasteiger charge is -2.23. The number of anilines is 1. The Balaban J connectivity index is 0.00000117. The fraction of sp³-hybridized carbons (Fsp3) is 0.368. The first-order valence-corrected chi connectivity index (χ1v) is 10.7. The Hall–Kier alpha value is -2.07. The number of ether oxygens (including phenoxy) is 1. The van der Waals surface area contributed by atoms with Crippen molar-refractivity contribution in [1.82, 2.24) is 14.6 Å². The Kier molecular flexibility index (Phi) is 7.18. The zero-order chi connectivity index (χ0) is 20.9. The Labute approximate surface area is 176 Å². The first-order valence-electron chi connectivity index (χ1n) is 9.15. The van der Waals surface area contributed by atoms with E-state index in [0.29, 0.717) is 22.8 Å². The smallest absolute Gasteiger partial charge is 0.406 e. The van der Waals surface area contributed by atoms with Gasteiger partial charge in [-0.3, -0.25) is 0 Å². The van der Waals surface area contributed by atoms with Crippen LogP contribution in [-0.4, -0.2) is 27.0 Å². The largest absolute Gasteiger partial charge is 0.573 e. The zero-order valence-electron chi connectivity index (χ0n) is 15.4. The molecule has 0 unspecified atom stereocenters. The number of thiol groups is 2. The third-order valence-electron chi connectivity index (χ3n) is 4.70. The van der Waals surface area contributed by atoms with Crippen molar-refractivity contribution in [3.8, 4) is 16.9 Å². The molecule has 2 aromatic heterocycles. The van der Waals surface area contributed by atoms with E-state index in [1.54, 1.807) is 23.0 Å². The van der Waals surface area contributed by atoms with E-state index in [-0.39, 0.29) is 5.75 Å². The van der Waals surface area contributed by atoms with Crippen LogP contribution in [0.25, 0.3) is 16.8 Å². The molecule has 3 aromatic rings. The highest BCUT2D eigenvalue weighted by Crippen LogP contribution is 2.30. The molecule has 0 saturated heterocycles. The van der Waals surface area contributed by atoms with Crippen molar-refractivity contribution in [1.29, 1.82) is 0 Å². The second-order valence-corrected chi connectivity index (χ2v) is 6.69. The van der Waals surface area contributed by atoms with Crippen LogP contribution in [0.2, 0.25) is 0 Å². The van der Waals surface area contributed by atoms with Crippen LogP contribution < -0.4 is 10.1 Å². The standard InChI is InChI=1S/C19H19F3N4O.H2S2/c20-19(21,22)27-15-8-4-5-13(11-15)16-12-23-26-10-9-17(25-18(16)26)24-14-6-2-1-3-7-14;1-2/h4-5,8-12,14H,1-3,6-7H2,(H,24,25);1-2H. The summed E-state index contributed by atoms with van der Waals surface area (Å²) in [5, 5.41) is 7.71. The van der Waals surface area contributed by atoms with Crippen LogP contribution in [0.3, 0.4) is 0 Å². The molecule has 5 nitrogen and oxygen atoms in total. The second kappa shape index (κ2) is 9.62. The maximum Gasteiger partial charge on any atom is 0.573 e. The number of nitrogens with one attached hydrogen (secondary N) is 1. The summed E-state index contributed by atoms with van der Waals surface area (Å²) in [7, 11) is 0. The van der Waals surface area contributed by atoms with Crippen molar-refractivity contribution in [2.45, 2.75) is 44.5 Å². The molecule has 0 radical (unpaired) electrons. The number of hydrogen-bond acceptors (Lipinski definition) is 6. The summed E-state index contributed by atoms with van der Waals surface area (Å²) in [5.74, 6) is 0.481. The van der Waals surface area contributed by atoms with Gasteiger partial charge in [-0.25, -0.2) is 9.50 Å². The van der Waals surface area contributed by atoms with E-state index in [4.69, 9.17) is 0 Å². The van der Waals surface area contributed by atoms with Crippen molar-refractivity contribution in [3.63, 3.8) is 0 Å². The van der Waals surface area contributed by atoms with E-state index in [1.165, 1.54) is 37.5 Å². The number of nitrogens with zero attached hydrogens (tertiary/aromatic N) is 3. The summed E-state index contributed by atoms with van der Waals surface area (Å²) >= 11 is 6.44. The number of benzene rings is 1. The molecule has 1 aliphatic rings. The third kappa shape index (κ3) is 5.72. The molecule has 1 N–H and O–H groups in total. The number of alkyl halides is 3. The van der Waals surface area contributed by atoms with E-state index >= 15 is 0 Å². The molecule has 4 rings (SSSR count). The van der Waals surface area contributed by atoms with Gasteiger partial charge in [0, 0.05) is 17.8 Å². The molecule has 1 aromatic carbocycles. The van der Waals surface area contributed by atoms with E-state index < -0.39 is 6.36 Å². The maximum absolute atomic E-state index is 12.5. The third-order valence-corrected chi connectivity index (χ3v) is 4.70. The topological polar surface area (TPSA) is 51.5 Å². The predicted octanol–water partition coefficient (Wildman–Crippen LogP) is 5.80. The minimum absolute atomic E-state index is 0.268. The van der Waals surface area contributed by atoms with E-state index in [9.17, 15) is 13.2 Å². The van der Waals surface area contributed by atoms with Crippen molar-refractivity contribution < 1.29 is 17.9 Å². The van der Waals surface area contributed by atoms with Gasteiger partial charge in [0.2, 0.25) is 0 Å². The molecule has 10 heteroatoms. The van der Waals surface area contributed by atoms with Crippen LogP contribution in [0.5, 0.6) is 5.75 Å². The molecule has 0 bridgehead atoms. The van der Waals surface area contributed by atoms with Gasteiger partial charge in [0.05, 0.1) is 6.20 Å². The van der Waals surface area contributed by atoms with Crippen LogP contribution in [0.1, 0.15) is 32.1 Å². The minimum Gasteiger partial charge on any atom is -0.406 e. The highest BCUT2D eigenvalue weighted by molar-refractivity contribution is 8.59. The van der Waals surface area contributed by atoms with Gasteiger partial charge in [0.25, 0.3) is 0 Å². The van der Waals surface area contributed by atoms with Crippen molar-refractivity contribution in [3.05, 3.63) is 42.7 Å². The molecule has 156 valence electrons. The molecule has 0 atom stereocenters. The van der Waals surface area contributed by atoms with Crippen LogP contribution in [0.4, 0.5) is 19.0 Å². The number of aromatic nitrogens is 3. The van der Waals surface area contributed by atoms with Gasteiger partial charge in [0.1, 0.15) is 11.6 Å². The lowest BCUT2D eigenvalue weighted by atomic mass is 9.95. The zero-order valence-corrected chi connectivity index (χ0v) is 17.2. The number of rotatable bonds is 4. The molecular formula is C19H21F3N4OS2. The summed E-state index contributed by atoms with van der Waals surface area (Å²) in [4.78, 5) is 4.64. The van der Waals surface area contributed by atoms with Gasteiger partial charge >= 0.3 is 6.36 Å². The first kappa shape index (κ1) is 21.6. The summed E-state index contributed by atoms with van der Waals surface area (Å²) in [6, 6.07) is 8.11. The molecule has 29 heavy (non-hydrogen) atoms. The lowest BCUT2D eigenvalue weighted by molar-refractivity contribution is -0.274. The predicted molar refractivity (Wildman–Crippen MR) is 114 cm³/mol. The van der Waals surface area contributed by atoms with Crippen LogP contribution >= 0.6 is 23.3 Å². The minimum atomic E-state index is -4.73. The number of halogens is 3. The molecule has 0 amide bonds. The summed E-state index contributed by atoms with van der Waals surface area (Å²) in [6.07, 6.45) is 4.61. The Bertz CT molecular complexity index is 943. The number of hydrogen-bond donors (Lipinski definition) is 3. The molecule has 0 spiro atoms. The Morgan fingerprint density at radius 2 is 1.86 bits per heavy atom. The normalized spacial score (nSPS) is 14.9. The highest BCUT2D eigenvalue weighted by Gasteiger charge is 2.31. The van der Waals surface area contributed by atoms with E-state index in [2.05, 4.69) is 43.5 Å². The fourth-order valence-corrected chi connectivity index (χ4v) is 3.47. The summed E-state index contributed by atoms with van der Waals surface area (Å²) < 4.78 is 43.1. The van der Waals surface area contributed by atoms with Gasteiger partial charge in [0.15, 0.2) is 5.65 Å². The quantitative estimate of drug-likeness (QED) is 0.353.